The van der Waals surface area contributed by atoms with Gasteiger partial charge >= 0.3 is 0 Å². The van der Waals surface area contributed by atoms with Gasteiger partial charge in [0.1, 0.15) is 0 Å². The first-order valence-electron chi connectivity index (χ1n) is 8.47. The summed E-state index contributed by atoms with van der Waals surface area (Å²) in [6.45, 7) is 2.12. The van der Waals surface area contributed by atoms with Crippen LogP contribution in [0.15, 0.2) is 47.4 Å². The van der Waals surface area contributed by atoms with Crippen LogP contribution in [0.25, 0.3) is 0 Å². The Morgan fingerprint density at radius 2 is 1.81 bits per heavy atom. The van der Waals surface area contributed by atoms with Gasteiger partial charge in [-0.05, 0) is 43.2 Å². The van der Waals surface area contributed by atoms with Crippen LogP contribution in [0.5, 0.6) is 5.75 Å². The molecule has 2 aromatic carbocycles. The van der Waals surface area contributed by atoms with Crippen LogP contribution in [0.2, 0.25) is 0 Å². The SMILES string of the molecule is COc1ccc(CCC(=O)NCCNS(=O)(=O)c2ccc(C)cc2)cc1F. The number of nitrogens with one attached hydrogen (secondary N) is 2. The fourth-order valence-corrected chi connectivity index (χ4v) is 3.43. The Kier molecular flexibility index (Phi) is 7.32. The van der Waals surface area contributed by atoms with Gasteiger partial charge in [-0.1, -0.05) is 23.8 Å². The summed E-state index contributed by atoms with van der Waals surface area (Å²) in [4.78, 5) is 12.0. The molecule has 2 N–H and O–H groups in total. The second-order valence-electron chi connectivity index (χ2n) is 6.03. The summed E-state index contributed by atoms with van der Waals surface area (Å²) in [5.74, 6) is -0.550. The van der Waals surface area contributed by atoms with Crippen molar-refractivity contribution in [2.45, 2.75) is 24.7 Å². The van der Waals surface area contributed by atoms with Gasteiger partial charge in [0.25, 0.3) is 0 Å². The number of methoxy groups -OCH3 is 1. The van der Waals surface area contributed by atoms with Crippen LogP contribution in [0.1, 0.15) is 17.5 Å². The lowest BCUT2D eigenvalue weighted by molar-refractivity contribution is -0.121. The molecule has 0 aliphatic carbocycles. The molecule has 0 spiro atoms. The Morgan fingerprint density at radius 1 is 1.11 bits per heavy atom. The summed E-state index contributed by atoms with van der Waals surface area (Å²) in [5, 5.41) is 2.64. The zero-order chi connectivity index (χ0) is 19.9. The van der Waals surface area contributed by atoms with Crippen LogP contribution in [0.4, 0.5) is 4.39 Å². The molecule has 0 saturated carbocycles. The second-order valence-corrected chi connectivity index (χ2v) is 7.80. The number of carbonyl (C=O) groups excluding carboxylic acids is 1. The number of benzene rings is 2. The zero-order valence-corrected chi connectivity index (χ0v) is 16.1. The number of sulfonamides is 1. The average Bonchev–Trinajstić information content (AvgIpc) is 2.64. The highest BCUT2D eigenvalue weighted by Gasteiger charge is 2.13. The van der Waals surface area contributed by atoms with E-state index in [0.29, 0.717) is 12.0 Å². The van der Waals surface area contributed by atoms with Gasteiger partial charge in [0.05, 0.1) is 12.0 Å². The van der Waals surface area contributed by atoms with E-state index in [0.717, 1.165) is 5.56 Å². The summed E-state index contributed by atoms with van der Waals surface area (Å²) >= 11 is 0. The molecule has 0 heterocycles. The minimum atomic E-state index is -3.60. The molecular formula is C19H23FN2O4S. The van der Waals surface area contributed by atoms with Crippen molar-refractivity contribution in [3.8, 4) is 5.75 Å². The van der Waals surface area contributed by atoms with E-state index in [1.54, 1.807) is 18.2 Å². The molecule has 2 aromatic rings. The van der Waals surface area contributed by atoms with Crippen LogP contribution >= 0.6 is 0 Å². The van der Waals surface area contributed by atoms with Gasteiger partial charge in [-0.25, -0.2) is 17.5 Å². The minimum absolute atomic E-state index is 0.0825. The van der Waals surface area contributed by atoms with E-state index in [-0.39, 0.29) is 36.1 Å². The molecular weight excluding hydrogens is 371 g/mol. The normalized spacial score (nSPS) is 11.2. The van der Waals surface area contributed by atoms with E-state index in [9.17, 15) is 17.6 Å². The van der Waals surface area contributed by atoms with Gasteiger partial charge in [0.2, 0.25) is 15.9 Å². The third-order valence-corrected chi connectivity index (χ3v) is 5.40. The van der Waals surface area contributed by atoms with Crippen molar-refractivity contribution >= 4 is 15.9 Å². The predicted molar refractivity (Wildman–Crippen MR) is 101 cm³/mol. The molecule has 0 aromatic heterocycles. The highest BCUT2D eigenvalue weighted by molar-refractivity contribution is 7.89. The number of rotatable bonds is 9. The van der Waals surface area contributed by atoms with Gasteiger partial charge in [-0.3, -0.25) is 4.79 Å². The summed E-state index contributed by atoms with van der Waals surface area (Å²) < 4.78 is 45.1. The van der Waals surface area contributed by atoms with Gasteiger partial charge in [-0.2, -0.15) is 0 Å². The summed E-state index contributed by atoms with van der Waals surface area (Å²) in [5.41, 5.74) is 1.65. The lowest BCUT2D eigenvalue weighted by Crippen LogP contribution is -2.34. The Balaban J connectivity index is 1.73. The number of carbonyl (C=O) groups is 1. The Morgan fingerprint density at radius 3 is 2.44 bits per heavy atom. The van der Waals surface area contributed by atoms with Crippen LogP contribution in [-0.4, -0.2) is 34.5 Å². The second kappa shape index (κ2) is 9.48. The van der Waals surface area contributed by atoms with Gasteiger partial charge in [-0.15, -0.1) is 0 Å². The summed E-state index contributed by atoms with van der Waals surface area (Å²) in [6.07, 6.45) is 0.554. The number of halogens is 1. The maximum absolute atomic E-state index is 13.6. The lowest BCUT2D eigenvalue weighted by atomic mass is 10.1. The van der Waals surface area contributed by atoms with Crippen molar-refractivity contribution in [2.75, 3.05) is 20.2 Å². The molecule has 0 fully saturated rings. The maximum atomic E-state index is 13.6. The first kappa shape index (κ1) is 20.9. The van der Waals surface area contributed by atoms with Crippen molar-refractivity contribution in [1.82, 2.24) is 10.0 Å². The first-order valence-corrected chi connectivity index (χ1v) is 9.95. The third-order valence-electron chi connectivity index (χ3n) is 3.93. The minimum Gasteiger partial charge on any atom is -0.494 e. The molecule has 0 aliphatic heterocycles. The van der Waals surface area contributed by atoms with Crippen molar-refractivity contribution in [1.29, 1.82) is 0 Å². The molecule has 0 unspecified atom stereocenters. The monoisotopic (exact) mass is 394 g/mol. The Hall–Kier alpha value is -2.45. The zero-order valence-electron chi connectivity index (χ0n) is 15.3. The van der Waals surface area contributed by atoms with Crippen LogP contribution in [0, 0.1) is 12.7 Å². The largest absolute Gasteiger partial charge is 0.494 e. The fraction of sp³-hybridized carbons (Fsp3) is 0.316. The van der Waals surface area contributed by atoms with Crippen molar-refractivity contribution in [3.63, 3.8) is 0 Å². The number of aryl methyl sites for hydroxylation is 2. The van der Waals surface area contributed by atoms with Crippen molar-refractivity contribution in [2.24, 2.45) is 0 Å². The number of hydrogen-bond donors (Lipinski definition) is 2. The molecule has 0 atom stereocenters. The molecule has 2 rings (SSSR count). The van der Waals surface area contributed by atoms with Gasteiger partial charge < -0.3 is 10.1 Å². The Labute approximate surface area is 158 Å². The molecule has 0 aliphatic rings. The molecule has 1 amide bonds. The molecule has 0 radical (unpaired) electrons. The van der Waals surface area contributed by atoms with Crippen LogP contribution < -0.4 is 14.8 Å². The van der Waals surface area contributed by atoms with Crippen molar-refractivity contribution < 1.29 is 22.3 Å². The quantitative estimate of drug-likeness (QED) is 0.639. The third kappa shape index (κ3) is 6.33. The number of amides is 1. The Bertz CT molecular complexity index is 883. The molecule has 27 heavy (non-hydrogen) atoms. The number of ether oxygens (including phenoxy) is 1. The highest BCUT2D eigenvalue weighted by atomic mass is 32.2. The van der Waals surface area contributed by atoms with E-state index < -0.39 is 15.8 Å². The predicted octanol–water partition coefficient (Wildman–Crippen LogP) is 2.17. The summed E-state index contributed by atoms with van der Waals surface area (Å²) in [7, 11) is -2.21. The average molecular weight is 394 g/mol. The van der Waals surface area contributed by atoms with E-state index >= 15 is 0 Å². The highest BCUT2D eigenvalue weighted by Crippen LogP contribution is 2.18. The molecule has 6 nitrogen and oxygen atoms in total. The molecule has 0 saturated heterocycles. The standard InChI is InChI=1S/C19H23FN2O4S/c1-14-3-7-16(8-4-14)27(24,25)22-12-11-21-19(23)10-6-15-5-9-18(26-2)17(20)13-15/h3-5,7-9,13,22H,6,10-12H2,1-2H3,(H,21,23). The maximum Gasteiger partial charge on any atom is 0.240 e. The van der Waals surface area contributed by atoms with E-state index in [1.807, 2.05) is 6.92 Å². The van der Waals surface area contributed by atoms with Crippen LogP contribution in [0.3, 0.4) is 0 Å². The molecule has 8 heteroatoms. The topological polar surface area (TPSA) is 84.5 Å². The summed E-state index contributed by atoms with van der Waals surface area (Å²) in [6, 6.07) is 11.1. The van der Waals surface area contributed by atoms with Gasteiger partial charge in [0.15, 0.2) is 11.6 Å². The van der Waals surface area contributed by atoms with E-state index in [1.165, 1.54) is 31.4 Å². The fourth-order valence-electron chi connectivity index (χ4n) is 2.40. The van der Waals surface area contributed by atoms with E-state index in [4.69, 9.17) is 4.74 Å². The van der Waals surface area contributed by atoms with Gasteiger partial charge in [0, 0.05) is 19.5 Å². The van der Waals surface area contributed by atoms with Crippen LogP contribution in [-0.2, 0) is 21.2 Å². The van der Waals surface area contributed by atoms with E-state index in [2.05, 4.69) is 10.0 Å². The first-order chi connectivity index (χ1) is 12.8. The lowest BCUT2D eigenvalue weighted by Gasteiger charge is -2.09. The molecule has 0 bridgehead atoms. The number of hydrogen-bond acceptors (Lipinski definition) is 4. The van der Waals surface area contributed by atoms with Crippen molar-refractivity contribution in [3.05, 3.63) is 59.4 Å². The smallest absolute Gasteiger partial charge is 0.240 e. The molecule has 146 valence electrons.